The normalized spacial score (nSPS) is 48.4. The fraction of sp³-hybridized carbons (Fsp3) is 0.909. The van der Waals surface area contributed by atoms with E-state index in [2.05, 4.69) is 12.6 Å². The van der Waals surface area contributed by atoms with Gasteiger partial charge in [-0.1, -0.05) is 0 Å². The van der Waals surface area contributed by atoms with Crippen LogP contribution in [0.3, 0.4) is 0 Å². The quantitative estimate of drug-likeness (QED) is 0.583. The fourth-order valence-electron chi connectivity index (χ4n) is 3.40. The molecular weight excluding hydrogens is 212 g/mol. The number of fused-ring (bicyclic) bond motifs is 1. The third-order valence-electron chi connectivity index (χ3n) is 4.06. The summed E-state index contributed by atoms with van der Waals surface area (Å²) in [5, 5.41) is 0. The number of hydrogen-bond donors (Lipinski definition) is 1. The predicted molar refractivity (Wildman–Crippen MR) is 57.8 cm³/mol. The first-order chi connectivity index (χ1) is 7.20. The van der Waals surface area contributed by atoms with Crippen molar-refractivity contribution in [2.45, 2.75) is 38.1 Å². The molecule has 6 unspecified atom stereocenters. The van der Waals surface area contributed by atoms with E-state index in [1.165, 1.54) is 0 Å². The molecular formula is C11H16O3S. The Bertz CT molecular complexity index is 294. The van der Waals surface area contributed by atoms with E-state index in [4.69, 9.17) is 9.47 Å². The topological polar surface area (TPSA) is 35.5 Å². The van der Waals surface area contributed by atoms with Gasteiger partial charge in [-0.25, -0.2) is 0 Å². The molecule has 3 nitrogen and oxygen atoms in total. The zero-order chi connectivity index (χ0) is 10.6. The third-order valence-corrected chi connectivity index (χ3v) is 4.57. The van der Waals surface area contributed by atoms with Gasteiger partial charge >= 0.3 is 5.97 Å². The maximum atomic E-state index is 11.5. The van der Waals surface area contributed by atoms with E-state index < -0.39 is 0 Å². The Kier molecular flexibility index (Phi) is 2.25. The molecule has 3 rings (SSSR count). The van der Waals surface area contributed by atoms with Crippen molar-refractivity contribution < 1.29 is 14.3 Å². The summed E-state index contributed by atoms with van der Waals surface area (Å²) in [6, 6.07) is 0. The van der Waals surface area contributed by atoms with Crippen molar-refractivity contribution in [3.05, 3.63) is 0 Å². The fourth-order valence-corrected chi connectivity index (χ4v) is 3.49. The van der Waals surface area contributed by atoms with Crippen LogP contribution < -0.4 is 0 Å². The summed E-state index contributed by atoms with van der Waals surface area (Å²) in [6.07, 6.45) is 2.42. The van der Waals surface area contributed by atoms with Gasteiger partial charge in [-0.3, -0.25) is 4.79 Å². The summed E-state index contributed by atoms with van der Waals surface area (Å²) in [7, 11) is 0. The van der Waals surface area contributed by atoms with Gasteiger partial charge in [0.15, 0.2) is 0 Å². The Morgan fingerprint density at radius 1 is 1.60 bits per heavy atom. The molecule has 1 heterocycles. The summed E-state index contributed by atoms with van der Waals surface area (Å²) in [4.78, 5) is 11.5. The highest BCUT2D eigenvalue weighted by Crippen LogP contribution is 2.55. The molecule has 2 bridgehead atoms. The monoisotopic (exact) mass is 228 g/mol. The minimum absolute atomic E-state index is 0.0112. The van der Waals surface area contributed by atoms with Gasteiger partial charge < -0.3 is 9.47 Å². The average molecular weight is 228 g/mol. The average Bonchev–Trinajstić information content (AvgIpc) is 2.81. The molecule has 3 aliphatic rings. The van der Waals surface area contributed by atoms with E-state index in [1.807, 2.05) is 6.92 Å². The standard InChI is InChI=1S/C11H16O3S/c1-5(4-15)13-9-6-2-7-8(3-6)11(12)14-10(7)9/h5-10,15H,2-4H2,1H3. The van der Waals surface area contributed by atoms with Crippen LogP contribution in [0, 0.1) is 17.8 Å². The highest BCUT2D eigenvalue weighted by molar-refractivity contribution is 7.80. The van der Waals surface area contributed by atoms with Crippen molar-refractivity contribution in [1.82, 2.24) is 0 Å². The lowest BCUT2D eigenvalue weighted by atomic mass is 9.88. The van der Waals surface area contributed by atoms with Crippen LogP contribution in [0.25, 0.3) is 0 Å². The maximum Gasteiger partial charge on any atom is 0.309 e. The molecule has 0 amide bonds. The van der Waals surface area contributed by atoms with Crippen LogP contribution in [-0.4, -0.2) is 30.0 Å². The van der Waals surface area contributed by atoms with Crippen molar-refractivity contribution in [2.75, 3.05) is 5.75 Å². The summed E-state index contributed by atoms with van der Waals surface area (Å²) in [5.74, 6) is 1.90. The van der Waals surface area contributed by atoms with E-state index in [1.54, 1.807) is 0 Å². The molecule has 15 heavy (non-hydrogen) atoms. The molecule has 0 aromatic rings. The van der Waals surface area contributed by atoms with Crippen LogP contribution in [0.15, 0.2) is 0 Å². The molecule has 6 atom stereocenters. The highest BCUT2D eigenvalue weighted by atomic mass is 32.1. The molecule has 84 valence electrons. The predicted octanol–water partition coefficient (Wildman–Crippen LogP) is 1.27. The summed E-state index contributed by atoms with van der Waals surface area (Å²) >= 11 is 4.21. The lowest BCUT2D eigenvalue weighted by Crippen LogP contribution is -2.37. The van der Waals surface area contributed by atoms with Crippen LogP contribution >= 0.6 is 12.6 Å². The van der Waals surface area contributed by atoms with Gasteiger partial charge in [0.05, 0.1) is 18.1 Å². The van der Waals surface area contributed by atoms with Crippen molar-refractivity contribution in [3.8, 4) is 0 Å². The molecule has 0 spiro atoms. The van der Waals surface area contributed by atoms with E-state index in [-0.39, 0.29) is 30.2 Å². The molecule has 0 radical (unpaired) electrons. The van der Waals surface area contributed by atoms with Crippen LogP contribution in [-0.2, 0) is 14.3 Å². The Labute approximate surface area is 94.9 Å². The van der Waals surface area contributed by atoms with E-state index in [9.17, 15) is 4.79 Å². The second-order valence-electron chi connectivity index (χ2n) is 5.00. The molecule has 0 aromatic heterocycles. The number of ether oxygens (including phenoxy) is 2. The molecule has 4 heteroatoms. The smallest absolute Gasteiger partial charge is 0.309 e. The van der Waals surface area contributed by atoms with Crippen LogP contribution in [0.4, 0.5) is 0 Å². The third kappa shape index (κ3) is 1.34. The van der Waals surface area contributed by atoms with Crippen LogP contribution in [0.5, 0.6) is 0 Å². The first-order valence-electron chi connectivity index (χ1n) is 5.67. The Morgan fingerprint density at radius 2 is 2.40 bits per heavy atom. The summed E-state index contributed by atoms with van der Waals surface area (Å²) < 4.78 is 11.3. The van der Waals surface area contributed by atoms with Gasteiger partial charge in [0.2, 0.25) is 0 Å². The molecule has 2 aliphatic carbocycles. The van der Waals surface area contributed by atoms with Gasteiger partial charge in [-0.05, 0) is 25.7 Å². The lowest BCUT2D eigenvalue weighted by molar-refractivity contribution is -0.148. The second kappa shape index (κ2) is 3.39. The first kappa shape index (κ1) is 9.97. The van der Waals surface area contributed by atoms with Crippen LogP contribution in [0.1, 0.15) is 19.8 Å². The zero-order valence-electron chi connectivity index (χ0n) is 8.76. The zero-order valence-corrected chi connectivity index (χ0v) is 9.65. The largest absolute Gasteiger partial charge is 0.459 e. The van der Waals surface area contributed by atoms with Crippen molar-refractivity contribution in [2.24, 2.45) is 17.8 Å². The summed E-state index contributed by atoms with van der Waals surface area (Å²) in [5.41, 5.74) is 0. The molecule has 1 aliphatic heterocycles. The van der Waals surface area contributed by atoms with Gasteiger partial charge in [-0.15, -0.1) is 0 Å². The maximum absolute atomic E-state index is 11.5. The minimum atomic E-state index is 0.0112. The van der Waals surface area contributed by atoms with E-state index >= 15 is 0 Å². The van der Waals surface area contributed by atoms with Gasteiger partial charge in [0.1, 0.15) is 6.10 Å². The van der Waals surface area contributed by atoms with Crippen molar-refractivity contribution in [3.63, 3.8) is 0 Å². The summed E-state index contributed by atoms with van der Waals surface area (Å²) in [6.45, 7) is 2.02. The first-order valence-corrected chi connectivity index (χ1v) is 6.30. The minimum Gasteiger partial charge on any atom is -0.459 e. The molecule has 0 N–H and O–H groups in total. The van der Waals surface area contributed by atoms with Gasteiger partial charge in [0, 0.05) is 11.7 Å². The number of carbonyl (C=O) groups is 1. The Hall–Kier alpha value is -0.220. The second-order valence-corrected chi connectivity index (χ2v) is 5.36. The SMILES string of the molecule is CC(CS)OC1C2CC3C(=O)OC1C3C2. The van der Waals surface area contributed by atoms with Crippen molar-refractivity contribution >= 4 is 18.6 Å². The Morgan fingerprint density at radius 3 is 3.13 bits per heavy atom. The van der Waals surface area contributed by atoms with Gasteiger partial charge in [0.25, 0.3) is 0 Å². The Balaban J connectivity index is 1.75. The van der Waals surface area contributed by atoms with Crippen molar-refractivity contribution in [1.29, 1.82) is 0 Å². The number of rotatable bonds is 3. The van der Waals surface area contributed by atoms with Crippen LogP contribution in [0.2, 0.25) is 0 Å². The molecule has 2 saturated carbocycles. The molecule has 3 fully saturated rings. The highest BCUT2D eigenvalue weighted by Gasteiger charge is 2.62. The van der Waals surface area contributed by atoms with Gasteiger partial charge in [-0.2, -0.15) is 12.6 Å². The number of carbonyl (C=O) groups excluding carboxylic acids is 1. The molecule has 1 saturated heterocycles. The molecule has 0 aromatic carbocycles. The number of hydrogen-bond acceptors (Lipinski definition) is 4. The van der Waals surface area contributed by atoms with E-state index in [0.717, 1.165) is 18.6 Å². The van der Waals surface area contributed by atoms with E-state index in [0.29, 0.717) is 11.8 Å². The lowest BCUT2D eigenvalue weighted by Gasteiger charge is -2.28. The number of thiol groups is 1. The number of esters is 1.